The van der Waals surface area contributed by atoms with Gasteiger partial charge in [0.05, 0.1) is 24.2 Å². The Labute approximate surface area is 193 Å². The molecule has 0 heterocycles. The second kappa shape index (κ2) is 9.97. The van der Waals surface area contributed by atoms with E-state index in [1.807, 2.05) is 38.1 Å². The van der Waals surface area contributed by atoms with Crippen LogP contribution in [0.15, 0.2) is 77.9 Å². The number of hydrogen-bond acceptors (Lipinski definition) is 4. The van der Waals surface area contributed by atoms with E-state index in [2.05, 4.69) is 10.5 Å². The number of carbonyl (C=O) groups is 1. The number of halogens is 1. The Hall–Kier alpha value is -3.16. The van der Waals surface area contributed by atoms with Crippen LogP contribution < -0.4 is 9.73 Å². The average molecular weight is 470 g/mol. The van der Waals surface area contributed by atoms with Gasteiger partial charge in [0.15, 0.2) is 0 Å². The van der Waals surface area contributed by atoms with Crippen LogP contribution in [0, 0.1) is 6.92 Å². The van der Waals surface area contributed by atoms with Crippen molar-refractivity contribution in [3.63, 3.8) is 0 Å². The smallest absolute Gasteiger partial charge is 0.267 e. The molecule has 1 N–H and O–H groups in total. The maximum Gasteiger partial charge on any atom is 0.271 e. The summed E-state index contributed by atoms with van der Waals surface area (Å²) in [5, 5.41) is 4.74. The van der Waals surface area contributed by atoms with E-state index < -0.39 is 10.0 Å². The zero-order valence-electron chi connectivity index (χ0n) is 18.0. The third-order valence-corrected chi connectivity index (χ3v) is 6.24. The number of nitrogens with one attached hydrogen (secondary N) is 1. The topological polar surface area (TPSA) is 78.8 Å². The lowest BCUT2D eigenvalue weighted by Crippen LogP contribution is -2.29. The lowest BCUT2D eigenvalue weighted by Gasteiger charge is -2.22. The van der Waals surface area contributed by atoms with Gasteiger partial charge < -0.3 is 0 Å². The summed E-state index contributed by atoms with van der Waals surface area (Å²) in [5.41, 5.74) is 6.90. The fourth-order valence-electron chi connectivity index (χ4n) is 2.99. The van der Waals surface area contributed by atoms with Crippen LogP contribution in [-0.4, -0.2) is 26.3 Å². The van der Waals surface area contributed by atoms with Crippen molar-refractivity contribution in [3.05, 3.63) is 100 Å². The minimum absolute atomic E-state index is 0.154. The number of hydrogen-bond donors (Lipinski definition) is 1. The minimum Gasteiger partial charge on any atom is -0.267 e. The molecule has 0 atom stereocenters. The predicted octanol–water partition coefficient (Wildman–Crippen LogP) is 4.77. The van der Waals surface area contributed by atoms with Crippen molar-refractivity contribution in [2.24, 2.45) is 5.10 Å². The molecule has 166 valence electrons. The standard InChI is InChI=1S/C24H24ClN3O3S/c1-17-4-8-20(9-5-17)18(2)26-27-24(29)21-10-14-23(15-11-21)28(32(3,30)31)16-19-6-12-22(25)13-7-19/h4-15H,16H2,1-3H3,(H,27,29)/b26-18-. The summed E-state index contributed by atoms with van der Waals surface area (Å²) in [6.07, 6.45) is 1.14. The molecule has 0 aromatic heterocycles. The van der Waals surface area contributed by atoms with E-state index in [4.69, 9.17) is 11.6 Å². The lowest BCUT2D eigenvalue weighted by molar-refractivity contribution is 0.0955. The number of benzene rings is 3. The first kappa shape index (κ1) is 23.5. The average Bonchev–Trinajstić information content (AvgIpc) is 2.76. The van der Waals surface area contributed by atoms with Crippen LogP contribution >= 0.6 is 11.6 Å². The number of rotatable bonds is 7. The number of hydrazone groups is 1. The summed E-state index contributed by atoms with van der Waals surface area (Å²) in [5.74, 6) is -0.383. The second-order valence-corrected chi connectivity index (χ2v) is 9.79. The summed E-state index contributed by atoms with van der Waals surface area (Å²) >= 11 is 5.91. The van der Waals surface area contributed by atoms with Crippen molar-refractivity contribution in [2.75, 3.05) is 10.6 Å². The van der Waals surface area contributed by atoms with Crippen LogP contribution in [0.25, 0.3) is 0 Å². The molecule has 0 aliphatic heterocycles. The van der Waals surface area contributed by atoms with Crippen LogP contribution in [-0.2, 0) is 16.6 Å². The molecule has 0 bridgehead atoms. The molecule has 3 aromatic rings. The van der Waals surface area contributed by atoms with Gasteiger partial charge in [0.25, 0.3) is 5.91 Å². The zero-order chi connectivity index (χ0) is 23.3. The summed E-state index contributed by atoms with van der Waals surface area (Å²) in [6, 6.07) is 21.2. The Bertz CT molecular complexity index is 1220. The molecule has 0 saturated heterocycles. The van der Waals surface area contributed by atoms with Gasteiger partial charge in [0.2, 0.25) is 10.0 Å². The normalized spacial score (nSPS) is 11.8. The molecule has 1 amide bonds. The highest BCUT2D eigenvalue weighted by atomic mass is 35.5. The Morgan fingerprint density at radius 2 is 1.50 bits per heavy atom. The van der Waals surface area contributed by atoms with Crippen LogP contribution in [0.3, 0.4) is 0 Å². The van der Waals surface area contributed by atoms with Gasteiger partial charge in [0, 0.05) is 10.6 Å². The Balaban J connectivity index is 1.74. The second-order valence-electron chi connectivity index (χ2n) is 7.45. The van der Waals surface area contributed by atoms with E-state index in [9.17, 15) is 13.2 Å². The van der Waals surface area contributed by atoms with Crippen molar-refractivity contribution < 1.29 is 13.2 Å². The van der Waals surface area contributed by atoms with E-state index in [0.29, 0.717) is 22.0 Å². The summed E-state index contributed by atoms with van der Waals surface area (Å²) in [4.78, 5) is 12.5. The van der Waals surface area contributed by atoms with E-state index in [0.717, 1.165) is 22.9 Å². The molecule has 0 aliphatic rings. The summed E-state index contributed by atoms with van der Waals surface area (Å²) in [6.45, 7) is 3.97. The third-order valence-electron chi connectivity index (χ3n) is 4.85. The molecule has 0 radical (unpaired) electrons. The first-order valence-electron chi connectivity index (χ1n) is 9.87. The van der Waals surface area contributed by atoms with E-state index in [1.165, 1.54) is 4.31 Å². The molecular weight excluding hydrogens is 446 g/mol. The van der Waals surface area contributed by atoms with Gasteiger partial charge in [-0.3, -0.25) is 9.10 Å². The van der Waals surface area contributed by atoms with Gasteiger partial charge in [0.1, 0.15) is 0 Å². The molecule has 8 heteroatoms. The summed E-state index contributed by atoms with van der Waals surface area (Å²) in [7, 11) is -3.54. The van der Waals surface area contributed by atoms with E-state index >= 15 is 0 Å². The SMILES string of the molecule is C/C(=N/NC(=O)c1ccc(N(Cc2ccc(Cl)cc2)S(C)(=O)=O)cc1)c1ccc(C)cc1. The van der Waals surface area contributed by atoms with E-state index in [1.54, 1.807) is 48.5 Å². The highest BCUT2D eigenvalue weighted by molar-refractivity contribution is 7.92. The zero-order valence-corrected chi connectivity index (χ0v) is 19.6. The van der Waals surface area contributed by atoms with Crippen molar-refractivity contribution in [1.29, 1.82) is 0 Å². The molecule has 0 unspecified atom stereocenters. The maximum atomic E-state index is 12.5. The fourth-order valence-corrected chi connectivity index (χ4v) is 4.01. The van der Waals surface area contributed by atoms with Gasteiger partial charge in [-0.05, 0) is 61.4 Å². The number of amides is 1. The predicted molar refractivity (Wildman–Crippen MR) is 130 cm³/mol. The molecule has 0 spiro atoms. The quantitative estimate of drug-likeness (QED) is 0.400. The fraction of sp³-hybridized carbons (Fsp3) is 0.167. The molecule has 0 fully saturated rings. The van der Waals surface area contributed by atoms with Gasteiger partial charge in [-0.25, -0.2) is 13.8 Å². The number of aryl methyl sites for hydroxylation is 1. The lowest BCUT2D eigenvalue weighted by atomic mass is 10.1. The third kappa shape index (κ3) is 6.18. The van der Waals surface area contributed by atoms with E-state index in [-0.39, 0.29) is 12.5 Å². The monoisotopic (exact) mass is 469 g/mol. The highest BCUT2D eigenvalue weighted by Gasteiger charge is 2.18. The van der Waals surface area contributed by atoms with Gasteiger partial charge in [-0.2, -0.15) is 5.10 Å². The van der Waals surface area contributed by atoms with Crippen LogP contribution in [0.1, 0.15) is 34.0 Å². The van der Waals surface area contributed by atoms with Crippen LogP contribution in [0.4, 0.5) is 5.69 Å². The number of nitrogens with zero attached hydrogens (tertiary/aromatic N) is 2. The van der Waals surface area contributed by atoms with Gasteiger partial charge in [-0.15, -0.1) is 0 Å². The first-order chi connectivity index (χ1) is 15.1. The van der Waals surface area contributed by atoms with Crippen LogP contribution in [0.5, 0.6) is 0 Å². The van der Waals surface area contributed by atoms with Crippen molar-refractivity contribution in [1.82, 2.24) is 5.43 Å². The maximum absolute atomic E-state index is 12.5. The molecule has 0 aliphatic carbocycles. The molecule has 6 nitrogen and oxygen atoms in total. The molecule has 0 saturated carbocycles. The largest absolute Gasteiger partial charge is 0.271 e. The van der Waals surface area contributed by atoms with Gasteiger partial charge >= 0.3 is 0 Å². The first-order valence-corrected chi connectivity index (χ1v) is 12.1. The molecule has 3 aromatic carbocycles. The highest BCUT2D eigenvalue weighted by Crippen LogP contribution is 2.22. The Morgan fingerprint density at radius 3 is 2.06 bits per heavy atom. The van der Waals surface area contributed by atoms with Crippen molar-refractivity contribution >= 4 is 38.9 Å². The van der Waals surface area contributed by atoms with Crippen LogP contribution in [0.2, 0.25) is 5.02 Å². The Morgan fingerprint density at radius 1 is 0.938 bits per heavy atom. The van der Waals surface area contributed by atoms with Gasteiger partial charge in [-0.1, -0.05) is 53.6 Å². The summed E-state index contributed by atoms with van der Waals surface area (Å²) < 4.78 is 26.0. The Kier molecular flexibility index (Phi) is 7.33. The number of anilines is 1. The van der Waals surface area contributed by atoms with Crippen molar-refractivity contribution in [3.8, 4) is 0 Å². The minimum atomic E-state index is -3.54. The molecule has 3 rings (SSSR count). The molecule has 32 heavy (non-hydrogen) atoms. The number of sulfonamides is 1. The molecular formula is C24H24ClN3O3S. The number of carbonyl (C=O) groups excluding carboxylic acids is 1. The van der Waals surface area contributed by atoms with Crippen molar-refractivity contribution in [2.45, 2.75) is 20.4 Å².